The summed E-state index contributed by atoms with van der Waals surface area (Å²) in [5, 5.41) is 4.07. The number of benzene rings is 1. The quantitative estimate of drug-likeness (QED) is 0.812. The van der Waals surface area contributed by atoms with Gasteiger partial charge >= 0.3 is 0 Å². The molecule has 0 aliphatic heterocycles. The van der Waals surface area contributed by atoms with E-state index >= 15 is 0 Å². The van der Waals surface area contributed by atoms with Crippen LogP contribution in [0, 0.1) is 12.7 Å². The molecule has 4 heteroatoms. The molecule has 17 heavy (non-hydrogen) atoms. The van der Waals surface area contributed by atoms with E-state index in [1.54, 1.807) is 29.9 Å². The molecular weight excluding hydrogens is 219 g/mol. The normalized spacial score (nSPS) is 10.5. The summed E-state index contributed by atoms with van der Waals surface area (Å²) in [6.07, 6.45) is 2.51. The van der Waals surface area contributed by atoms with Gasteiger partial charge in [-0.25, -0.2) is 4.39 Å². The van der Waals surface area contributed by atoms with E-state index in [0.717, 1.165) is 12.1 Å². The summed E-state index contributed by atoms with van der Waals surface area (Å²) in [4.78, 5) is 0. The van der Waals surface area contributed by atoms with Crippen LogP contribution in [0.4, 0.5) is 4.39 Å². The van der Waals surface area contributed by atoms with Crippen molar-refractivity contribution in [2.75, 3.05) is 6.61 Å². The molecule has 0 unspecified atom stereocenters. The second kappa shape index (κ2) is 4.99. The van der Waals surface area contributed by atoms with Crippen molar-refractivity contribution in [3.63, 3.8) is 0 Å². The van der Waals surface area contributed by atoms with E-state index in [0.29, 0.717) is 17.9 Å². The van der Waals surface area contributed by atoms with Crippen LogP contribution < -0.4 is 4.74 Å². The zero-order chi connectivity index (χ0) is 12.3. The molecular formula is C13H15FN2O. The number of aryl methyl sites for hydroxylation is 2. The second-order valence-corrected chi connectivity index (χ2v) is 3.96. The van der Waals surface area contributed by atoms with Gasteiger partial charge in [-0.05, 0) is 24.6 Å². The monoisotopic (exact) mass is 234 g/mol. The molecule has 1 aromatic carbocycles. The number of halogens is 1. The van der Waals surface area contributed by atoms with Crippen molar-refractivity contribution in [2.45, 2.75) is 13.3 Å². The molecule has 0 fully saturated rings. The molecule has 0 aliphatic carbocycles. The van der Waals surface area contributed by atoms with Crippen LogP contribution in [0.2, 0.25) is 0 Å². The molecule has 0 amide bonds. The predicted octanol–water partition coefficient (Wildman–Crippen LogP) is 2.49. The zero-order valence-electron chi connectivity index (χ0n) is 9.98. The van der Waals surface area contributed by atoms with Crippen molar-refractivity contribution in [1.82, 2.24) is 9.78 Å². The molecule has 0 radical (unpaired) electrons. The maximum absolute atomic E-state index is 13.2. The van der Waals surface area contributed by atoms with Crippen molar-refractivity contribution in [3.8, 4) is 5.75 Å². The van der Waals surface area contributed by atoms with Crippen molar-refractivity contribution in [3.05, 3.63) is 47.5 Å². The van der Waals surface area contributed by atoms with E-state index in [9.17, 15) is 4.39 Å². The molecule has 2 rings (SSSR count). The Hall–Kier alpha value is -1.84. The Balaban J connectivity index is 1.90. The van der Waals surface area contributed by atoms with Crippen LogP contribution in [0.3, 0.4) is 0 Å². The van der Waals surface area contributed by atoms with E-state index < -0.39 is 0 Å². The number of rotatable bonds is 4. The van der Waals surface area contributed by atoms with Gasteiger partial charge in [0.15, 0.2) is 0 Å². The minimum Gasteiger partial charge on any atom is -0.493 e. The van der Waals surface area contributed by atoms with Gasteiger partial charge in [0.05, 0.1) is 6.61 Å². The number of aromatic nitrogens is 2. The van der Waals surface area contributed by atoms with E-state index in [1.807, 2.05) is 13.1 Å². The highest BCUT2D eigenvalue weighted by atomic mass is 19.1. The highest BCUT2D eigenvalue weighted by Crippen LogP contribution is 2.16. The standard InChI is InChI=1S/C13H15FN2O/c1-10-3-4-12(9-13(10)14)17-8-6-11-5-7-15-16(11)2/h3-5,7,9H,6,8H2,1-2H3. The number of nitrogens with zero attached hydrogens (tertiary/aromatic N) is 2. The fourth-order valence-corrected chi connectivity index (χ4v) is 1.58. The van der Waals surface area contributed by atoms with Gasteiger partial charge in [-0.3, -0.25) is 4.68 Å². The summed E-state index contributed by atoms with van der Waals surface area (Å²) in [6, 6.07) is 6.86. The van der Waals surface area contributed by atoms with Crippen molar-refractivity contribution >= 4 is 0 Å². The average Bonchev–Trinajstić information content (AvgIpc) is 2.70. The molecule has 0 atom stereocenters. The van der Waals surface area contributed by atoms with Crippen LogP contribution in [0.25, 0.3) is 0 Å². The lowest BCUT2D eigenvalue weighted by Crippen LogP contribution is -2.06. The first-order valence-electron chi connectivity index (χ1n) is 5.52. The summed E-state index contributed by atoms with van der Waals surface area (Å²) in [5.41, 5.74) is 1.72. The van der Waals surface area contributed by atoms with Crippen LogP contribution in [0.1, 0.15) is 11.3 Å². The van der Waals surface area contributed by atoms with Gasteiger partial charge in [0.25, 0.3) is 0 Å². The molecule has 1 heterocycles. The van der Waals surface area contributed by atoms with Crippen molar-refractivity contribution < 1.29 is 9.13 Å². The van der Waals surface area contributed by atoms with Gasteiger partial charge in [0.2, 0.25) is 0 Å². The first-order chi connectivity index (χ1) is 8.16. The van der Waals surface area contributed by atoms with E-state index in [-0.39, 0.29) is 5.82 Å². The molecule has 3 nitrogen and oxygen atoms in total. The molecule has 0 spiro atoms. The molecule has 0 bridgehead atoms. The van der Waals surface area contributed by atoms with E-state index in [4.69, 9.17) is 4.74 Å². The van der Waals surface area contributed by atoms with E-state index in [2.05, 4.69) is 5.10 Å². The summed E-state index contributed by atoms with van der Waals surface area (Å²) in [5.74, 6) is 0.332. The molecule has 90 valence electrons. The lowest BCUT2D eigenvalue weighted by molar-refractivity contribution is 0.316. The number of hydrogen-bond donors (Lipinski definition) is 0. The molecule has 0 saturated heterocycles. The zero-order valence-corrected chi connectivity index (χ0v) is 9.98. The summed E-state index contributed by atoms with van der Waals surface area (Å²) >= 11 is 0. The van der Waals surface area contributed by atoms with Gasteiger partial charge in [0.1, 0.15) is 11.6 Å². The third-order valence-electron chi connectivity index (χ3n) is 2.69. The smallest absolute Gasteiger partial charge is 0.129 e. The first kappa shape index (κ1) is 11.6. The maximum atomic E-state index is 13.2. The van der Waals surface area contributed by atoms with Gasteiger partial charge in [-0.1, -0.05) is 6.07 Å². The van der Waals surface area contributed by atoms with Gasteiger partial charge in [-0.15, -0.1) is 0 Å². The predicted molar refractivity (Wildman–Crippen MR) is 63.5 cm³/mol. The Morgan fingerprint density at radius 2 is 2.18 bits per heavy atom. The Kier molecular flexibility index (Phi) is 3.42. The van der Waals surface area contributed by atoms with Gasteiger partial charge in [0, 0.05) is 31.4 Å². The van der Waals surface area contributed by atoms with Gasteiger partial charge in [-0.2, -0.15) is 5.10 Å². The van der Waals surface area contributed by atoms with Crippen LogP contribution in [0.15, 0.2) is 30.5 Å². The van der Waals surface area contributed by atoms with E-state index in [1.165, 1.54) is 6.07 Å². The summed E-state index contributed by atoms with van der Waals surface area (Å²) in [6.45, 7) is 2.25. The molecule has 0 saturated carbocycles. The maximum Gasteiger partial charge on any atom is 0.129 e. The minimum atomic E-state index is -0.233. The minimum absolute atomic E-state index is 0.233. The Labute approximate surface area is 99.8 Å². The molecule has 0 aliphatic rings. The summed E-state index contributed by atoms with van der Waals surface area (Å²) in [7, 11) is 1.89. The fraction of sp³-hybridized carbons (Fsp3) is 0.308. The Bertz CT molecular complexity index is 508. The SMILES string of the molecule is Cc1ccc(OCCc2ccnn2C)cc1F. The highest BCUT2D eigenvalue weighted by Gasteiger charge is 2.02. The fourth-order valence-electron chi connectivity index (χ4n) is 1.58. The first-order valence-corrected chi connectivity index (χ1v) is 5.52. The van der Waals surface area contributed by atoms with Crippen molar-refractivity contribution in [2.24, 2.45) is 7.05 Å². The Morgan fingerprint density at radius 1 is 1.35 bits per heavy atom. The molecule has 1 aromatic heterocycles. The third-order valence-corrected chi connectivity index (χ3v) is 2.69. The lowest BCUT2D eigenvalue weighted by atomic mass is 10.2. The van der Waals surface area contributed by atoms with Crippen LogP contribution in [0.5, 0.6) is 5.75 Å². The molecule has 2 aromatic rings. The topological polar surface area (TPSA) is 27.1 Å². The largest absolute Gasteiger partial charge is 0.493 e. The Morgan fingerprint density at radius 3 is 2.82 bits per heavy atom. The van der Waals surface area contributed by atoms with Crippen LogP contribution in [-0.4, -0.2) is 16.4 Å². The van der Waals surface area contributed by atoms with Crippen LogP contribution >= 0.6 is 0 Å². The van der Waals surface area contributed by atoms with Crippen LogP contribution in [-0.2, 0) is 13.5 Å². The lowest BCUT2D eigenvalue weighted by Gasteiger charge is -2.07. The summed E-state index contributed by atoms with van der Waals surface area (Å²) < 4.78 is 20.5. The van der Waals surface area contributed by atoms with Crippen molar-refractivity contribution in [1.29, 1.82) is 0 Å². The molecule has 0 N–H and O–H groups in total. The number of ether oxygens (including phenoxy) is 1. The third kappa shape index (κ3) is 2.84. The number of hydrogen-bond acceptors (Lipinski definition) is 2. The highest BCUT2D eigenvalue weighted by molar-refractivity contribution is 5.28. The second-order valence-electron chi connectivity index (χ2n) is 3.96. The average molecular weight is 234 g/mol. The van der Waals surface area contributed by atoms with Gasteiger partial charge < -0.3 is 4.74 Å².